The lowest BCUT2D eigenvalue weighted by Gasteiger charge is -2.11. The molecule has 1 aromatic carbocycles. The fourth-order valence-corrected chi connectivity index (χ4v) is 1.67. The van der Waals surface area contributed by atoms with E-state index in [1.54, 1.807) is 18.2 Å². The average Bonchev–Trinajstić information content (AvgIpc) is 2.70. The highest BCUT2D eigenvalue weighted by Gasteiger charge is 2.15. The number of aromatic amines is 1. The summed E-state index contributed by atoms with van der Waals surface area (Å²) in [5, 5.41) is 11.7. The minimum atomic E-state index is -0.532. The Labute approximate surface area is 103 Å². The first-order valence-electron chi connectivity index (χ1n) is 5.68. The Balaban J connectivity index is 2.21. The molecule has 96 valence electrons. The molecule has 6 nitrogen and oxygen atoms in total. The highest BCUT2D eigenvalue weighted by Crippen LogP contribution is 2.17. The quantitative estimate of drug-likeness (QED) is 0.756. The molecule has 1 aromatic heterocycles. The number of aliphatic hydroxyl groups excluding tert-OH is 1. The molecule has 2 rings (SSSR count). The molecule has 0 bridgehead atoms. The third-order valence-corrected chi connectivity index (χ3v) is 2.77. The van der Waals surface area contributed by atoms with Crippen LogP contribution in [0, 0.1) is 5.92 Å². The molecule has 3 N–H and O–H groups in total. The van der Waals surface area contributed by atoms with Crippen LogP contribution in [0.3, 0.4) is 0 Å². The average molecular weight is 250 g/mol. The summed E-state index contributed by atoms with van der Waals surface area (Å²) in [7, 11) is 0. The van der Waals surface area contributed by atoms with Crippen molar-refractivity contribution in [1.82, 2.24) is 4.98 Å². The molecule has 2 aromatic rings. The molecule has 0 aliphatic rings. The first kappa shape index (κ1) is 12.4. The molecular weight excluding hydrogens is 236 g/mol. The van der Waals surface area contributed by atoms with Crippen molar-refractivity contribution in [3.8, 4) is 0 Å². The van der Waals surface area contributed by atoms with Crippen molar-refractivity contribution in [2.45, 2.75) is 13.3 Å². The smallest absolute Gasteiger partial charge is 0.408 e. The monoisotopic (exact) mass is 250 g/mol. The zero-order valence-corrected chi connectivity index (χ0v) is 9.90. The standard InChI is InChI=1S/C12H14N2O4/c1-2-7(6-15)11(16)13-8-3-4-10-9(5-8)14-12(17)18-10/h3-5,7,15H,2,6H2,1H3,(H,13,16)(H,14,17). The Morgan fingerprint density at radius 3 is 3.00 bits per heavy atom. The maximum Gasteiger partial charge on any atom is 0.417 e. The number of hydrogen-bond acceptors (Lipinski definition) is 4. The Hall–Kier alpha value is -2.08. The van der Waals surface area contributed by atoms with E-state index < -0.39 is 11.7 Å². The number of rotatable bonds is 4. The van der Waals surface area contributed by atoms with Crippen LogP contribution in [-0.2, 0) is 4.79 Å². The Bertz CT molecular complexity index is 610. The number of aromatic nitrogens is 1. The van der Waals surface area contributed by atoms with Crippen LogP contribution in [-0.4, -0.2) is 22.6 Å². The lowest BCUT2D eigenvalue weighted by atomic mass is 10.1. The Kier molecular flexibility index (Phi) is 3.47. The number of anilines is 1. The van der Waals surface area contributed by atoms with Gasteiger partial charge in [-0.25, -0.2) is 4.79 Å². The van der Waals surface area contributed by atoms with Crippen LogP contribution >= 0.6 is 0 Å². The van der Waals surface area contributed by atoms with Crippen LogP contribution in [0.1, 0.15) is 13.3 Å². The van der Waals surface area contributed by atoms with Crippen molar-refractivity contribution in [3.05, 3.63) is 28.7 Å². The highest BCUT2D eigenvalue weighted by molar-refractivity contribution is 5.94. The summed E-state index contributed by atoms with van der Waals surface area (Å²) in [6, 6.07) is 4.85. The molecule has 0 aliphatic heterocycles. The van der Waals surface area contributed by atoms with E-state index in [1.807, 2.05) is 6.92 Å². The molecule has 0 saturated carbocycles. The molecule has 0 fully saturated rings. The van der Waals surface area contributed by atoms with Crippen molar-refractivity contribution in [1.29, 1.82) is 0 Å². The van der Waals surface area contributed by atoms with E-state index in [4.69, 9.17) is 9.52 Å². The maximum absolute atomic E-state index is 11.7. The van der Waals surface area contributed by atoms with Gasteiger partial charge in [0.15, 0.2) is 5.58 Å². The molecule has 0 aliphatic carbocycles. The number of aliphatic hydroxyl groups is 1. The van der Waals surface area contributed by atoms with Crippen LogP contribution < -0.4 is 11.1 Å². The number of nitrogens with one attached hydrogen (secondary N) is 2. The Morgan fingerprint density at radius 2 is 2.33 bits per heavy atom. The molecule has 0 spiro atoms. The SMILES string of the molecule is CCC(CO)C(=O)Nc1ccc2oc(=O)[nH]c2c1. The number of carbonyl (C=O) groups is 1. The van der Waals surface area contributed by atoms with Crippen molar-refractivity contribution in [3.63, 3.8) is 0 Å². The van der Waals surface area contributed by atoms with Gasteiger partial charge in [-0.3, -0.25) is 9.78 Å². The second-order valence-electron chi connectivity index (χ2n) is 4.00. The molecule has 1 heterocycles. The number of fused-ring (bicyclic) bond motifs is 1. The summed E-state index contributed by atoms with van der Waals surface area (Å²) < 4.78 is 4.85. The van der Waals surface area contributed by atoms with E-state index >= 15 is 0 Å². The number of carbonyl (C=O) groups excluding carboxylic acids is 1. The maximum atomic E-state index is 11.7. The normalized spacial score (nSPS) is 12.6. The van der Waals surface area contributed by atoms with Gasteiger partial charge in [-0.05, 0) is 24.6 Å². The van der Waals surface area contributed by atoms with Gasteiger partial charge in [-0.2, -0.15) is 0 Å². The fraction of sp³-hybridized carbons (Fsp3) is 0.333. The zero-order valence-electron chi connectivity index (χ0n) is 9.90. The number of amides is 1. The molecule has 1 unspecified atom stereocenters. The lowest BCUT2D eigenvalue weighted by molar-refractivity contribution is -0.121. The van der Waals surface area contributed by atoms with Crippen LogP contribution in [0.2, 0.25) is 0 Å². The first-order valence-corrected chi connectivity index (χ1v) is 5.68. The van der Waals surface area contributed by atoms with E-state index in [-0.39, 0.29) is 12.5 Å². The minimum Gasteiger partial charge on any atom is -0.408 e. The predicted octanol–water partition coefficient (Wildman–Crippen LogP) is 1.08. The third-order valence-electron chi connectivity index (χ3n) is 2.77. The van der Waals surface area contributed by atoms with Crippen molar-refractivity contribution in [2.24, 2.45) is 5.92 Å². The number of H-pyrrole nitrogens is 1. The third kappa shape index (κ3) is 2.43. The second-order valence-corrected chi connectivity index (χ2v) is 4.00. The minimum absolute atomic E-state index is 0.187. The molecule has 18 heavy (non-hydrogen) atoms. The first-order chi connectivity index (χ1) is 8.63. The van der Waals surface area contributed by atoms with Gasteiger partial charge in [0, 0.05) is 5.69 Å². The van der Waals surface area contributed by atoms with Gasteiger partial charge in [-0.15, -0.1) is 0 Å². The molecule has 0 radical (unpaired) electrons. The van der Waals surface area contributed by atoms with Crippen LogP contribution in [0.15, 0.2) is 27.4 Å². The Morgan fingerprint density at radius 1 is 1.56 bits per heavy atom. The van der Waals surface area contributed by atoms with Crippen LogP contribution in [0.25, 0.3) is 11.1 Å². The molecule has 6 heteroatoms. The summed E-state index contributed by atoms with van der Waals surface area (Å²) in [4.78, 5) is 25.2. The summed E-state index contributed by atoms with van der Waals surface area (Å²) >= 11 is 0. The van der Waals surface area contributed by atoms with Crippen molar-refractivity contribution < 1.29 is 14.3 Å². The van der Waals surface area contributed by atoms with Crippen molar-refractivity contribution in [2.75, 3.05) is 11.9 Å². The molecular formula is C12H14N2O4. The summed E-state index contributed by atoms with van der Waals surface area (Å²) in [5.41, 5.74) is 1.51. The second kappa shape index (κ2) is 5.05. The fourth-order valence-electron chi connectivity index (χ4n) is 1.67. The molecule has 1 atom stereocenters. The zero-order chi connectivity index (χ0) is 13.1. The number of benzene rings is 1. The summed E-state index contributed by atoms with van der Waals surface area (Å²) in [5.74, 6) is -1.20. The number of oxazole rings is 1. The van der Waals surface area contributed by atoms with Gasteiger partial charge < -0.3 is 14.8 Å². The largest absolute Gasteiger partial charge is 0.417 e. The van der Waals surface area contributed by atoms with E-state index in [9.17, 15) is 9.59 Å². The lowest BCUT2D eigenvalue weighted by Crippen LogP contribution is -2.24. The summed E-state index contributed by atoms with van der Waals surface area (Å²) in [6.07, 6.45) is 0.563. The van der Waals surface area contributed by atoms with Crippen LogP contribution in [0.5, 0.6) is 0 Å². The van der Waals surface area contributed by atoms with Gasteiger partial charge in [-0.1, -0.05) is 6.92 Å². The van der Waals surface area contributed by atoms with Gasteiger partial charge in [0.25, 0.3) is 0 Å². The van der Waals surface area contributed by atoms with Crippen LogP contribution in [0.4, 0.5) is 5.69 Å². The van der Waals surface area contributed by atoms with Gasteiger partial charge in [0.05, 0.1) is 18.0 Å². The van der Waals surface area contributed by atoms with Gasteiger partial charge in [0.2, 0.25) is 5.91 Å². The molecule has 1 amide bonds. The number of hydrogen-bond donors (Lipinski definition) is 3. The van der Waals surface area contributed by atoms with Gasteiger partial charge >= 0.3 is 5.76 Å². The predicted molar refractivity (Wildman–Crippen MR) is 66.3 cm³/mol. The molecule has 0 saturated heterocycles. The van der Waals surface area contributed by atoms with E-state index in [2.05, 4.69) is 10.3 Å². The summed E-state index contributed by atoms with van der Waals surface area (Å²) in [6.45, 7) is 1.64. The van der Waals surface area contributed by atoms with Gasteiger partial charge in [0.1, 0.15) is 0 Å². The van der Waals surface area contributed by atoms with E-state index in [0.717, 1.165) is 0 Å². The highest BCUT2D eigenvalue weighted by atomic mass is 16.4. The van der Waals surface area contributed by atoms with Crippen molar-refractivity contribution >= 4 is 22.7 Å². The topological polar surface area (TPSA) is 95.3 Å². The van der Waals surface area contributed by atoms with E-state index in [0.29, 0.717) is 23.2 Å². The van der Waals surface area contributed by atoms with E-state index in [1.165, 1.54) is 0 Å².